The lowest BCUT2D eigenvalue weighted by Gasteiger charge is -2.34. The second-order valence-electron chi connectivity index (χ2n) is 5.52. The van der Waals surface area contributed by atoms with Crippen LogP contribution in [0.3, 0.4) is 0 Å². The zero-order valence-corrected chi connectivity index (χ0v) is 12.2. The van der Waals surface area contributed by atoms with Crippen LogP contribution in [0.15, 0.2) is 21.5 Å². The van der Waals surface area contributed by atoms with Gasteiger partial charge in [-0.1, -0.05) is 0 Å². The number of hydrogen-bond donors (Lipinski definition) is 0. The highest BCUT2D eigenvalue weighted by Gasteiger charge is 2.39. The number of ether oxygens (including phenoxy) is 1. The summed E-state index contributed by atoms with van der Waals surface area (Å²) in [4.78, 5) is 0. The molecule has 90 valence electrons. The second kappa shape index (κ2) is 3.44. The fourth-order valence-electron chi connectivity index (χ4n) is 2.69. The lowest BCUT2D eigenvalue weighted by Crippen LogP contribution is -2.31. The van der Waals surface area contributed by atoms with Gasteiger partial charge in [0.15, 0.2) is 0 Å². The molecule has 1 nitrogen and oxygen atoms in total. The third kappa shape index (κ3) is 1.60. The first-order valence-corrected chi connectivity index (χ1v) is 7.64. The molecule has 0 bridgehead atoms. The fourth-order valence-corrected chi connectivity index (χ4v) is 4.70. The molecule has 0 atom stereocenters. The van der Waals surface area contributed by atoms with Crippen LogP contribution in [0.25, 0.3) is 11.1 Å². The summed E-state index contributed by atoms with van der Waals surface area (Å²) in [5.41, 5.74) is 4.87. The molecule has 0 N–H and O–H groups in total. The molecule has 3 heterocycles. The molecule has 3 rings (SSSR count). The van der Waals surface area contributed by atoms with Crippen molar-refractivity contribution < 1.29 is 4.74 Å². The molecule has 0 aliphatic carbocycles. The second-order valence-corrected chi connectivity index (χ2v) is 7.01. The Labute approximate surface area is 110 Å². The predicted molar refractivity (Wildman–Crippen MR) is 74.8 cm³/mol. The lowest BCUT2D eigenvalue weighted by molar-refractivity contribution is -0.129. The third-order valence-electron chi connectivity index (χ3n) is 3.42. The van der Waals surface area contributed by atoms with Crippen LogP contribution in [0, 0.1) is 0 Å². The summed E-state index contributed by atoms with van der Waals surface area (Å²) in [6.45, 7) is 8.65. The molecule has 1 aliphatic rings. The van der Waals surface area contributed by atoms with E-state index < -0.39 is 0 Å². The monoisotopic (exact) mass is 264 g/mol. The summed E-state index contributed by atoms with van der Waals surface area (Å²) in [5.74, 6) is 0. The Morgan fingerprint density at radius 3 is 1.59 bits per heavy atom. The van der Waals surface area contributed by atoms with Crippen LogP contribution < -0.4 is 0 Å². The molecule has 0 radical (unpaired) electrons. The maximum absolute atomic E-state index is 6.37. The standard InChI is InChI=1S/C14H16OS2/c1-13(2)11-7-16-5-9(11)10-6-17-8-12(10)14(3,4)15-13/h5-8H,1-4H3. The molecule has 0 amide bonds. The normalized spacial score (nSPS) is 20.5. The number of hydrogen-bond acceptors (Lipinski definition) is 3. The molecule has 0 fully saturated rings. The van der Waals surface area contributed by atoms with Crippen molar-refractivity contribution >= 4 is 22.7 Å². The highest BCUT2D eigenvalue weighted by molar-refractivity contribution is 7.09. The van der Waals surface area contributed by atoms with Crippen LogP contribution in [0.4, 0.5) is 0 Å². The molecule has 0 saturated heterocycles. The van der Waals surface area contributed by atoms with Gasteiger partial charge in [0.1, 0.15) is 0 Å². The van der Waals surface area contributed by atoms with Gasteiger partial charge in [0.25, 0.3) is 0 Å². The maximum Gasteiger partial charge on any atom is 0.0901 e. The summed E-state index contributed by atoms with van der Waals surface area (Å²) in [7, 11) is 0. The van der Waals surface area contributed by atoms with Gasteiger partial charge < -0.3 is 4.74 Å². The zero-order valence-electron chi connectivity index (χ0n) is 10.5. The van der Waals surface area contributed by atoms with E-state index in [-0.39, 0.29) is 11.2 Å². The topological polar surface area (TPSA) is 9.23 Å². The first kappa shape index (κ1) is 11.5. The summed E-state index contributed by atoms with van der Waals surface area (Å²) in [5, 5.41) is 8.93. The van der Waals surface area contributed by atoms with Crippen LogP contribution in [-0.2, 0) is 15.9 Å². The number of thiophene rings is 2. The molecule has 2 aromatic heterocycles. The van der Waals surface area contributed by atoms with Crippen LogP contribution in [-0.4, -0.2) is 0 Å². The first-order valence-electron chi connectivity index (χ1n) is 5.76. The van der Waals surface area contributed by atoms with Gasteiger partial charge >= 0.3 is 0 Å². The van der Waals surface area contributed by atoms with Gasteiger partial charge in [-0.15, -0.1) is 0 Å². The van der Waals surface area contributed by atoms with Crippen LogP contribution in [0.1, 0.15) is 38.8 Å². The maximum atomic E-state index is 6.37. The van der Waals surface area contributed by atoms with Crippen LogP contribution in [0.5, 0.6) is 0 Å². The van der Waals surface area contributed by atoms with Crippen LogP contribution in [0.2, 0.25) is 0 Å². The van der Waals surface area contributed by atoms with Crippen LogP contribution >= 0.6 is 22.7 Å². The van der Waals surface area contributed by atoms with Gasteiger partial charge in [0.05, 0.1) is 11.2 Å². The van der Waals surface area contributed by atoms with E-state index in [1.807, 2.05) is 0 Å². The van der Waals surface area contributed by atoms with E-state index in [4.69, 9.17) is 4.74 Å². The Morgan fingerprint density at radius 1 is 0.765 bits per heavy atom. The molecular weight excluding hydrogens is 248 g/mol. The minimum atomic E-state index is -0.227. The van der Waals surface area contributed by atoms with E-state index in [9.17, 15) is 0 Å². The largest absolute Gasteiger partial charge is 0.360 e. The molecular formula is C14H16OS2. The van der Waals surface area contributed by atoms with Gasteiger partial charge in [-0.05, 0) is 60.3 Å². The molecule has 1 aliphatic heterocycles. The Hall–Kier alpha value is -0.640. The Balaban J connectivity index is 2.33. The van der Waals surface area contributed by atoms with E-state index in [2.05, 4.69) is 49.2 Å². The molecule has 3 heteroatoms. The highest BCUT2D eigenvalue weighted by Crippen LogP contribution is 2.49. The molecule has 2 aromatic rings. The summed E-state index contributed by atoms with van der Waals surface area (Å²) in [6, 6.07) is 0. The predicted octanol–water partition coefficient (Wildman–Crippen LogP) is 4.98. The van der Waals surface area contributed by atoms with E-state index >= 15 is 0 Å². The summed E-state index contributed by atoms with van der Waals surface area (Å²) < 4.78 is 6.37. The van der Waals surface area contributed by atoms with Crippen molar-refractivity contribution in [2.24, 2.45) is 0 Å². The molecule has 0 aromatic carbocycles. The SMILES string of the molecule is CC1(C)OC(C)(C)c2cscc2-c2cscc21. The van der Waals surface area contributed by atoms with Crippen molar-refractivity contribution in [2.45, 2.75) is 38.9 Å². The van der Waals surface area contributed by atoms with Gasteiger partial charge in [0.2, 0.25) is 0 Å². The lowest BCUT2D eigenvalue weighted by atomic mass is 9.93. The number of rotatable bonds is 0. The quantitative estimate of drug-likeness (QED) is 0.652. The zero-order chi connectivity index (χ0) is 12.3. The summed E-state index contributed by atoms with van der Waals surface area (Å²) in [6.07, 6.45) is 0. The van der Waals surface area contributed by atoms with Gasteiger partial charge in [0, 0.05) is 11.1 Å². The van der Waals surface area contributed by atoms with Crippen molar-refractivity contribution in [3.05, 3.63) is 32.6 Å². The minimum absolute atomic E-state index is 0.227. The molecule has 0 spiro atoms. The Kier molecular flexibility index (Phi) is 2.31. The Morgan fingerprint density at radius 2 is 1.18 bits per heavy atom. The fraction of sp³-hybridized carbons (Fsp3) is 0.429. The van der Waals surface area contributed by atoms with E-state index in [1.54, 1.807) is 22.7 Å². The smallest absolute Gasteiger partial charge is 0.0901 e. The number of fused-ring (bicyclic) bond motifs is 3. The van der Waals surface area contributed by atoms with Gasteiger partial charge in [-0.25, -0.2) is 0 Å². The summed E-state index contributed by atoms with van der Waals surface area (Å²) >= 11 is 3.52. The van der Waals surface area contributed by atoms with Crippen molar-refractivity contribution in [3.63, 3.8) is 0 Å². The van der Waals surface area contributed by atoms with Crippen molar-refractivity contribution in [2.75, 3.05) is 0 Å². The van der Waals surface area contributed by atoms with Gasteiger partial charge in [-0.2, -0.15) is 22.7 Å². The first-order chi connectivity index (χ1) is 7.92. The van der Waals surface area contributed by atoms with E-state index in [0.29, 0.717) is 0 Å². The van der Waals surface area contributed by atoms with Gasteiger partial charge in [-0.3, -0.25) is 0 Å². The Bertz CT molecular complexity index is 510. The van der Waals surface area contributed by atoms with Crippen molar-refractivity contribution in [1.29, 1.82) is 0 Å². The average Bonchev–Trinajstić information content (AvgIpc) is 2.83. The highest BCUT2D eigenvalue weighted by atomic mass is 32.1. The van der Waals surface area contributed by atoms with Crippen molar-refractivity contribution in [3.8, 4) is 11.1 Å². The average molecular weight is 264 g/mol. The molecule has 0 saturated carbocycles. The minimum Gasteiger partial charge on any atom is -0.360 e. The van der Waals surface area contributed by atoms with E-state index in [0.717, 1.165) is 0 Å². The third-order valence-corrected chi connectivity index (χ3v) is 4.91. The van der Waals surface area contributed by atoms with E-state index in [1.165, 1.54) is 22.3 Å². The van der Waals surface area contributed by atoms with Crippen molar-refractivity contribution in [1.82, 2.24) is 0 Å². The molecule has 0 unspecified atom stereocenters. The molecule has 17 heavy (non-hydrogen) atoms.